The Hall–Kier alpha value is -2.47. The normalized spacial score (nSPS) is 16.6. The molecule has 7 heteroatoms. The molecule has 0 saturated carbocycles. The molecule has 1 fully saturated rings. The van der Waals surface area contributed by atoms with E-state index in [0.717, 1.165) is 13.0 Å². The fourth-order valence-corrected chi connectivity index (χ4v) is 3.18. The maximum Gasteiger partial charge on any atom is 0.259 e. The fraction of sp³-hybridized carbons (Fsp3) is 0.368. The van der Waals surface area contributed by atoms with Crippen LogP contribution in [0.2, 0.25) is 5.02 Å². The van der Waals surface area contributed by atoms with E-state index in [1.807, 2.05) is 11.8 Å². The third kappa shape index (κ3) is 4.02. The smallest absolute Gasteiger partial charge is 0.259 e. The van der Waals surface area contributed by atoms with Crippen LogP contribution < -0.4 is 5.32 Å². The summed E-state index contributed by atoms with van der Waals surface area (Å²) in [6.07, 6.45) is 2.92. The lowest BCUT2D eigenvalue weighted by Crippen LogP contribution is -2.27. The van der Waals surface area contributed by atoms with Crippen LogP contribution in [-0.4, -0.2) is 39.8 Å². The molecule has 0 aliphatic carbocycles. The van der Waals surface area contributed by atoms with E-state index >= 15 is 0 Å². The molecular formula is C19H21ClN4O2. The number of nitrogens with one attached hydrogen (secondary N) is 1. The highest BCUT2D eigenvalue weighted by atomic mass is 35.5. The summed E-state index contributed by atoms with van der Waals surface area (Å²) in [5, 5.41) is 3.42. The number of carbonyl (C=O) groups is 2. The zero-order valence-electron chi connectivity index (χ0n) is 14.8. The summed E-state index contributed by atoms with van der Waals surface area (Å²) < 4.78 is 0. The average Bonchev–Trinajstić information content (AvgIpc) is 3.13. The standard InChI is InChI=1S/C19H21ClN4O2/c1-3-17(25)24-9-8-13(11-24)18-21-10-16(12(2)22-18)19(26)23-15-6-4-14(20)5-7-15/h4-7,10,13H,3,8-9,11H2,1-2H3,(H,23,26)/t13-/m0/s1. The van der Waals surface area contributed by atoms with E-state index in [4.69, 9.17) is 11.6 Å². The minimum Gasteiger partial charge on any atom is -0.342 e. The van der Waals surface area contributed by atoms with Crippen molar-refractivity contribution in [2.45, 2.75) is 32.6 Å². The first-order valence-electron chi connectivity index (χ1n) is 8.66. The van der Waals surface area contributed by atoms with Crippen molar-refractivity contribution in [1.29, 1.82) is 0 Å². The molecule has 2 heterocycles. The van der Waals surface area contributed by atoms with Crippen LogP contribution >= 0.6 is 11.6 Å². The van der Waals surface area contributed by atoms with Crippen molar-refractivity contribution in [2.75, 3.05) is 18.4 Å². The van der Waals surface area contributed by atoms with Gasteiger partial charge >= 0.3 is 0 Å². The SMILES string of the molecule is CCC(=O)N1CC[C@H](c2ncc(C(=O)Nc3ccc(Cl)cc3)c(C)n2)C1. The molecule has 136 valence electrons. The number of anilines is 1. The van der Waals surface area contributed by atoms with E-state index in [0.29, 0.717) is 40.8 Å². The molecule has 2 aromatic rings. The predicted octanol–water partition coefficient (Wildman–Crippen LogP) is 3.42. The number of amides is 2. The maximum atomic E-state index is 12.5. The quantitative estimate of drug-likeness (QED) is 0.892. The van der Waals surface area contributed by atoms with Crippen LogP contribution in [0.4, 0.5) is 5.69 Å². The molecule has 1 aliphatic rings. The van der Waals surface area contributed by atoms with Gasteiger partial charge in [-0.2, -0.15) is 0 Å². The number of aryl methyl sites for hydroxylation is 1. The third-order valence-corrected chi connectivity index (χ3v) is 4.81. The monoisotopic (exact) mass is 372 g/mol. The number of carbonyl (C=O) groups excluding carboxylic acids is 2. The van der Waals surface area contributed by atoms with Crippen LogP contribution in [-0.2, 0) is 4.79 Å². The Kier molecular flexibility index (Phi) is 5.52. The van der Waals surface area contributed by atoms with E-state index in [1.54, 1.807) is 37.4 Å². The zero-order valence-corrected chi connectivity index (χ0v) is 15.6. The first kappa shape index (κ1) is 18.3. The zero-order chi connectivity index (χ0) is 18.7. The van der Waals surface area contributed by atoms with Crippen LogP contribution in [0, 0.1) is 6.92 Å². The summed E-state index contributed by atoms with van der Waals surface area (Å²) in [6, 6.07) is 6.91. The van der Waals surface area contributed by atoms with Gasteiger partial charge in [-0.1, -0.05) is 18.5 Å². The Balaban J connectivity index is 1.70. The Bertz CT molecular complexity index is 823. The highest BCUT2D eigenvalue weighted by molar-refractivity contribution is 6.30. The van der Waals surface area contributed by atoms with E-state index in [9.17, 15) is 9.59 Å². The van der Waals surface area contributed by atoms with Crippen molar-refractivity contribution in [3.8, 4) is 0 Å². The average molecular weight is 373 g/mol. The van der Waals surface area contributed by atoms with Crippen LogP contribution in [0.15, 0.2) is 30.5 Å². The number of benzene rings is 1. The molecule has 1 aliphatic heterocycles. The van der Waals surface area contributed by atoms with Crippen molar-refractivity contribution in [2.24, 2.45) is 0 Å². The van der Waals surface area contributed by atoms with Gasteiger partial charge < -0.3 is 10.2 Å². The van der Waals surface area contributed by atoms with Crippen molar-refractivity contribution in [1.82, 2.24) is 14.9 Å². The van der Waals surface area contributed by atoms with Crippen LogP contribution in [0.1, 0.15) is 47.6 Å². The van der Waals surface area contributed by atoms with Gasteiger partial charge in [0, 0.05) is 42.3 Å². The largest absolute Gasteiger partial charge is 0.342 e. The van der Waals surface area contributed by atoms with E-state index in [-0.39, 0.29) is 17.7 Å². The second kappa shape index (κ2) is 7.83. The first-order chi connectivity index (χ1) is 12.5. The van der Waals surface area contributed by atoms with Crippen LogP contribution in [0.25, 0.3) is 0 Å². The van der Waals surface area contributed by atoms with E-state index in [2.05, 4.69) is 15.3 Å². The minimum atomic E-state index is -0.259. The van der Waals surface area contributed by atoms with Gasteiger partial charge in [0.1, 0.15) is 5.82 Å². The summed E-state index contributed by atoms with van der Waals surface area (Å²) in [7, 11) is 0. The summed E-state index contributed by atoms with van der Waals surface area (Å²) in [4.78, 5) is 35.0. The van der Waals surface area contributed by atoms with Gasteiger partial charge in [0.15, 0.2) is 0 Å². The molecule has 0 unspecified atom stereocenters. The van der Waals surface area contributed by atoms with Crippen LogP contribution in [0.3, 0.4) is 0 Å². The van der Waals surface area contributed by atoms with Crippen molar-refractivity contribution in [3.63, 3.8) is 0 Å². The van der Waals surface area contributed by atoms with Crippen molar-refractivity contribution in [3.05, 3.63) is 52.6 Å². The molecule has 1 atom stereocenters. The second-order valence-corrected chi connectivity index (χ2v) is 6.80. The number of rotatable bonds is 4. The summed E-state index contributed by atoms with van der Waals surface area (Å²) in [5.41, 5.74) is 1.72. The van der Waals surface area contributed by atoms with Gasteiger partial charge in [0.05, 0.1) is 11.3 Å². The molecule has 1 saturated heterocycles. The van der Waals surface area contributed by atoms with Gasteiger partial charge in [-0.25, -0.2) is 9.97 Å². The van der Waals surface area contributed by atoms with Gasteiger partial charge in [-0.05, 0) is 37.6 Å². The lowest BCUT2D eigenvalue weighted by molar-refractivity contribution is -0.129. The number of hydrogen-bond acceptors (Lipinski definition) is 4. The van der Waals surface area contributed by atoms with Gasteiger partial charge in [0.25, 0.3) is 5.91 Å². The molecule has 3 rings (SSSR count). The van der Waals surface area contributed by atoms with Gasteiger partial charge in [-0.3, -0.25) is 9.59 Å². The highest BCUT2D eigenvalue weighted by Crippen LogP contribution is 2.25. The third-order valence-electron chi connectivity index (χ3n) is 4.55. The van der Waals surface area contributed by atoms with Crippen molar-refractivity contribution >= 4 is 29.1 Å². The lowest BCUT2D eigenvalue weighted by atomic mass is 10.1. The molecule has 1 N–H and O–H groups in total. The van der Waals surface area contributed by atoms with Crippen molar-refractivity contribution < 1.29 is 9.59 Å². The first-order valence-corrected chi connectivity index (χ1v) is 9.04. The van der Waals surface area contributed by atoms with E-state index in [1.165, 1.54) is 0 Å². The van der Waals surface area contributed by atoms with Gasteiger partial charge in [-0.15, -0.1) is 0 Å². The molecule has 1 aromatic carbocycles. The minimum absolute atomic E-state index is 0.123. The Morgan fingerprint density at radius 2 is 2.04 bits per heavy atom. The molecule has 2 amide bonds. The van der Waals surface area contributed by atoms with Crippen LogP contribution in [0.5, 0.6) is 0 Å². The Morgan fingerprint density at radius 3 is 2.69 bits per heavy atom. The number of halogens is 1. The number of aromatic nitrogens is 2. The molecule has 6 nitrogen and oxygen atoms in total. The maximum absolute atomic E-state index is 12.5. The molecular weight excluding hydrogens is 352 g/mol. The number of hydrogen-bond donors (Lipinski definition) is 1. The lowest BCUT2D eigenvalue weighted by Gasteiger charge is -2.15. The number of likely N-dealkylation sites (tertiary alicyclic amines) is 1. The summed E-state index contributed by atoms with van der Waals surface area (Å²) >= 11 is 5.85. The number of nitrogens with zero attached hydrogens (tertiary/aromatic N) is 3. The van der Waals surface area contributed by atoms with Gasteiger partial charge in [0.2, 0.25) is 5.91 Å². The molecule has 26 heavy (non-hydrogen) atoms. The van der Waals surface area contributed by atoms with E-state index < -0.39 is 0 Å². The highest BCUT2D eigenvalue weighted by Gasteiger charge is 2.28. The Morgan fingerprint density at radius 1 is 1.31 bits per heavy atom. The summed E-state index contributed by atoms with van der Waals surface area (Å²) in [5.74, 6) is 0.711. The molecule has 1 aromatic heterocycles. The topological polar surface area (TPSA) is 75.2 Å². The summed E-state index contributed by atoms with van der Waals surface area (Å²) in [6.45, 7) is 5.04. The predicted molar refractivity (Wildman–Crippen MR) is 100 cm³/mol. The molecule has 0 spiro atoms. The molecule has 0 radical (unpaired) electrons. The Labute approximate surface area is 157 Å². The fourth-order valence-electron chi connectivity index (χ4n) is 3.06. The molecule has 0 bridgehead atoms. The second-order valence-electron chi connectivity index (χ2n) is 6.37.